The fourth-order valence-electron chi connectivity index (χ4n) is 8.03. The zero-order chi connectivity index (χ0) is 49.1. The van der Waals surface area contributed by atoms with Gasteiger partial charge in [-0.15, -0.1) is 94.4 Å². The van der Waals surface area contributed by atoms with Crippen LogP contribution in [0.1, 0.15) is 33.2 Å². The van der Waals surface area contributed by atoms with Gasteiger partial charge >= 0.3 is 20.1 Å². The van der Waals surface area contributed by atoms with Gasteiger partial charge in [-0.2, -0.15) is 0 Å². The number of rotatable bonds is 11. The minimum atomic E-state index is -2.80. The van der Waals surface area contributed by atoms with Crippen molar-refractivity contribution in [2.24, 2.45) is 0 Å². The Bertz CT molecular complexity index is 3640. The molecule has 11 aromatic rings. The zero-order valence-electron chi connectivity index (χ0n) is 42.0. The third-order valence-electron chi connectivity index (χ3n) is 11.0. The molecule has 0 saturated carbocycles. The summed E-state index contributed by atoms with van der Waals surface area (Å²) in [6.07, 6.45) is -2.31. The van der Waals surface area contributed by atoms with Gasteiger partial charge < -0.3 is 19.4 Å². The van der Waals surface area contributed by atoms with Crippen LogP contribution in [0.3, 0.4) is 0 Å². The van der Waals surface area contributed by atoms with Crippen LogP contribution >= 0.6 is 0 Å². The molecule has 11 rings (SSSR count). The molecule has 0 spiro atoms. The molecular formula is C58H40IrN5. The second-order valence-corrected chi connectivity index (χ2v) is 15.0. The van der Waals surface area contributed by atoms with Gasteiger partial charge in [0.25, 0.3) is 0 Å². The van der Waals surface area contributed by atoms with Crippen LogP contribution in [0.2, 0.25) is 0 Å². The first-order chi connectivity index (χ1) is 34.2. The maximum atomic E-state index is 9.64. The second-order valence-electron chi connectivity index (χ2n) is 15.0. The summed E-state index contributed by atoms with van der Waals surface area (Å²) in [5.41, 5.74) is 8.95. The molecule has 0 atom stereocenters. The van der Waals surface area contributed by atoms with Crippen molar-refractivity contribution in [2.75, 3.05) is 0 Å². The number of pyridine rings is 4. The molecule has 0 saturated heterocycles. The van der Waals surface area contributed by atoms with Crippen LogP contribution in [0.5, 0.6) is 0 Å². The Morgan fingerprint density at radius 3 is 1.70 bits per heavy atom. The number of aromatic nitrogens is 5. The van der Waals surface area contributed by atoms with Gasteiger partial charge in [-0.3, -0.25) is 0 Å². The summed E-state index contributed by atoms with van der Waals surface area (Å²) in [4.78, 5) is 18.2. The molecule has 306 valence electrons. The Morgan fingerprint density at radius 1 is 0.484 bits per heavy atom. The Hall–Kier alpha value is -7.37. The predicted octanol–water partition coefficient (Wildman–Crippen LogP) is 13.1. The quantitative estimate of drug-likeness (QED) is 0.0957. The molecule has 5 aromatic heterocycles. The van der Waals surface area contributed by atoms with E-state index in [2.05, 4.69) is 45.3 Å². The van der Waals surface area contributed by atoms with Gasteiger partial charge in [0.05, 0.1) is 6.33 Å². The first kappa shape index (κ1) is 32.3. The van der Waals surface area contributed by atoms with Crippen LogP contribution in [0, 0.1) is 18.2 Å². The first-order valence-electron chi connectivity index (χ1n) is 24.5. The third kappa shape index (κ3) is 8.18. The van der Waals surface area contributed by atoms with Crippen molar-refractivity contribution in [3.63, 3.8) is 0 Å². The van der Waals surface area contributed by atoms with Crippen LogP contribution in [0.4, 0.5) is 0 Å². The molecule has 6 aromatic carbocycles. The van der Waals surface area contributed by atoms with Gasteiger partial charge in [0, 0.05) is 52.3 Å². The van der Waals surface area contributed by atoms with Crippen LogP contribution in [-0.2, 0) is 45.6 Å². The topological polar surface area (TPSA) is 56.0 Å². The van der Waals surface area contributed by atoms with E-state index >= 15 is 0 Å². The fourth-order valence-corrected chi connectivity index (χ4v) is 8.03. The average Bonchev–Trinajstić information content (AvgIpc) is 3.92. The summed E-state index contributed by atoms with van der Waals surface area (Å²) >= 11 is 0. The maximum Gasteiger partial charge on any atom is 3.00 e. The predicted molar refractivity (Wildman–Crippen MR) is 255 cm³/mol. The van der Waals surface area contributed by atoms with Crippen molar-refractivity contribution in [1.29, 1.82) is 0 Å². The Morgan fingerprint density at radius 2 is 1.09 bits per heavy atom. The first-order valence-corrected chi connectivity index (χ1v) is 20.5. The van der Waals surface area contributed by atoms with Gasteiger partial charge in [0.15, 0.2) is 0 Å². The summed E-state index contributed by atoms with van der Waals surface area (Å²) in [6, 6.07) is 57.5. The Balaban J connectivity index is 0.00000596. The summed E-state index contributed by atoms with van der Waals surface area (Å²) in [6.45, 7) is 0. The van der Waals surface area contributed by atoms with E-state index in [9.17, 15) is 11.0 Å². The number of hydrogen-bond acceptors (Lipinski definition) is 4. The SMILES string of the molecule is [2H]C([2H])(c1c[c-]c(-c2ccccn2)cc1)C([2H])([2H])c1cc(-c2ccccc2-c2c[c-]c3c(c2)c2cncn2c2c(-c4ccccc4)ccnc32)cc(C([2H])([2H])C([2H])([2H])c2c[c-]c(-c3ccccn3)cc2)c1.[Ir+3]. The van der Waals surface area contributed by atoms with E-state index in [1.165, 1.54) is 42.5 Å². The molecule has 0 N–H and O–H groups in total. The van der Waals surface area contributed by atoms with Crippen molar-refractivity contribution in [1.82, 2.24) is 24.3 Å². The Labute approximate surface area is 397 Å². The number of nitrogens with zero attached hydrogens (tertiary/aromatic N) is 5. The molecule has 64 heavy (non-hydrogen) atoms. The van der Waals surface area contributed by atoms with E-state index in [1.54, 1.807) is 61.3 Å². The van der Waals surface area contributed by atoms with Gasteiger partial charge in [0.2, 0.25) is 0 Å². The van der Waals surface area contributed by atoms with E-state index in [0.717, 1.165) is 44.0 Å². The van der Waals surface area contributed by atoms with Gasteiger partial charge in [0.1, 0.15) is 0 Å². The summed E-state index contributed by atoms with van der Waals surface area (Å²) in [7, 11) is 0. The molecule has 0 bridgehead atoms. The number of aryl methyl sites for hydroxylation is 4. The zero-order valence-corrected chi connectivity index (χ0v) is 36.4. The maximum absolute atomic E-state index is 9.64. The third-order valence-corrected chi connectivity index (χ3v) is 11.0. The molecule has 0 amide bonds. The summed E-state index contributed by atoms with van der Waals surface area (Å²) < 4.78 is 78.3. The van der Waals surface area contributed by atoms with Gasteiger partial charge in [-0.1, -0.05) is 126 Å². The fraction of sp³-hybridized carbons (Fsp3) is 0.0690. The molecular weight excluding hydrogens is 959 g/mol. The average molecular weight is 1010 g/mol. The summed E-state index contributed by atoms with van der Waals surface area (Å²) in [5.74, 6) is 0. The second kappa shape index (κ2) is 18.2. The molecule has 0 radical (unpaired) electrons. The molecule has 0 fully saturated rings. The van der Waals surface area contributed by atoms with E-state index < -0.39 is 25.5 Å². The molecule has 5 nitrogen and oxygen atoms in total. The normalized spacial score (nSPS) is 14.0. The van der Waals surface area contributed by atoms with Crippen LogP contribution < -0.4 is 0 Å². The van der Waals surface area contributed by atoms with E-state index in [-0.39, 0.29) is 42.4 Å². The van der Waals surface area contributed by atoms with Crippen LogP contribution in [0.15, 0.2) is 195 Å². The van der Waals surface area contributed by atoms with Crippen molar-refractivity contribution < 1.29 is 31.1 Å². The van der Waals surface area contributed by atoms with E-state index in [1.807, 2.05) is 83.4 Å². The van der Waals surface area contributed by atoms with Gasteiger partial charge in [-0.05, 0) is 75.7 Å². The minimum absolute atomic E-state index is 0. The monoisotopic (exact) mass is 1010 g/mol. The largest absolute Gasteiger partial charge is 3.00 e. The molecule has 6 heteroatoms. The summed E-state index contributed by atoms with van der Waals surface area (Å²) in [5, 5.41) is 1.62. The van der Waals surface area contributed by atoms with Crippen molar-refractivity contribution in [2.45, 2.75) is 25.5 Å². The molecule has 5 heterocycles. The van der Waals surface area contributed by atoms with Crippen LogP contribution in [0.25, 0.3) is 83.2 Å². The standard InChI is InChI=1S/C58H40N5.Ir/c1-2-10-44(11-3-1)51-30-33-62-57-52-29-28-47(37-53(52)56-38-59-39-63(56)58(51)57)49-12-4-5-13-50(49)48-35-42(18-16-40-20-24-45(25-21-40)54-14-6-8-31-60-54)34-43(36-48)19-17-41-22-26-46(27-23-41)55-15-7-9-32-61-55;/h1-15,20-24,26,28,30-39H,16-19H2;/q-3;+3/i16D2,17D2,18D2,19D2;. The van der Waals surface area contributed by atoms with Crippen molar-refractivity contribution >= 4 is 27.3 Å². The smallest absolute Gasteiger partial charge is 0.314 e. The van der Waals surface area contributed by atoms with Crippen molar-refractivity contribution in [3.05, 3.63) is 235 Å². The number of fused-ring (bicyclic) bond motifs is 6. The van der Waals surface area contributed by atoms with Gasteiger partial charge in [-0.25, -0.2) is 4.98 Å². The Kier molecular flexibility index (Phi) is 9.17. The molecule has 0 unspecified atom stereocenters. The van der Waals surface area contributed by atoms with E-state index in [0.29, 0.717) is 39.2 Å². The number of hydrogen-bond donors (Lipinski definition) is 0. The molecule has 0 aliphatic carbocycles. The van der Waals surface area contributed by atoms with Crippen molar-refractivity contribution in [3.8, 4) is 55.9 Å². The minimum Gasteiger partial charge on any atom is -0.314 e. The van der Waals surface area contributed by atoms with Crippen LogP contribution in [-0.4, -0.2) is 24.3 Å². The van der Waals surface area contributed by atoms with E-state index in [4.69, 9.17) is 4.98 Å². The number of imidazole rings is 1. The molecule has 0 aliphatic heterocycles. The molecule has 0 aliphatic rings. The number of benzene rings is 6.